The summed E-state index contributed by atoms with van der Waals surface area (Å²) in [7, 11) is 0. The molecule has 0 saturated carbocycles. The third-order valence-corrected chi connectivity index (χ3v) is 1.60. The Morgan fingerprint density at radius 3 is 1.94 bits per heavy atom. The fourth-order valence-electron chi connectivity index (χ4n) is 0.883. The van der Waals surface area contributed by atoms with Gasteiger partial charge in [-0.2, -0.15) is 13.2 Å². The van der Waals surface area contributed by atoms with Gasteiger partial charge in [-0.15, -0.1) is 0 Å². The summed E-state index contributed by atoms with van der Waals surface area (Å²) in [5, 5.41) is 3.58. The van der Waals surface area contributed by atoms with Crippen molar-refractivity contribution in [2.24, 2.45) is 4.99 Å². The number of rotatable bonds is 2. The van der Waals surface area contributed by atoms with Gasteiger partial charge in [-0.25, -0.2) is 0 Å². The molecule has 0 aromatic rings. The maximum Gasteiger partial charge on any atom is 0.390 e. The molecule has 0 aromatic carbocycles. The van der Waals surface area contributed by atoms with Gasteiger partial charge < -0.3 is 10.3 Å². The van der Waals surface area contributed by atoms with E-state index in [2.05, 4.69) is 10.3 Å². The predicted molar refractivity (Wildman–Crippen MR) is 56.4 cm³/mol. The van der Waals surface area contributed by atoms with E-state index in [0.29, 0.717) is 6.42 Å². The maximum atomic E-state index is 12.2. The molecule has 0 bridgehead atoms. The molecule has 2 nitrogen and oxygen atoms in total. The monoisotopic (exact) mass is 312 g/mol. The number of hydrogen-bond acceptors (Lipinski definition) is 1. The van der Waals surface area contributed by atoms with Crippen LogP contribution in [0.15, 0.2) is 4.99 Å². The number of halogens is 3. The van der Waals surface area contributed by atoms with Crippen LogP contribution in [0, 0.1) is 0 Å². The molecule has 16 heavy (non-hydrogen) atoms. The third kappa shape index (κ3) is 8.51. The van der Waals surface area contributed by atoms with Gasteiger partial charge in [-0.3, -0.25) is 0 Å². The van der Waals surface area contributed by atoms with Gasteiger partial charge in [-0.05, 0) is 12.0 Å². The zero-order chi connectivity index (χ0) is 12.3. The van der Waals surface area contributed by atoms with Crippen molar-refractivity contribution in [3.05, 3.63) is 5.32 Å². The van der Waals surface area contributed by atoms with Crippen molar-refractivity contribution in [3.8, 4) is 0 Å². The normalized spacial score (nSPS) is 15.4. The summed E-state index contributed by atoms with van der Waals surface area (Å²) in [5.74, 6) is 0.271. The quantitative estimate of drug-likeness (QED) is 0.546. The zero-order valence-corrected chi connectivity index (χ0v) is 13.2. The minimum atomic E-state index is -4.28. The largest absolute Gasteiger partial charge is 0.463 e. The molecule has 0 aliphatic rings. The van der Waals surface area contributed by atoms with E-state index >= 15 is 0 Å². The smallest absolute Gasteiger partial charge is 0.390 e. The van der Waals surface area contributed by atoms with Gasteiger partial charge in [0, 0.05) is 32.7 Å². The molecule has 1 atom stereocenters. The van der Waals surface area contributed by atoms with Crippen molar-refractivity contribution < 1.29 is 45.9 Å². The standard InChI is InChI=1S/C10H18F3N2.Y/c1-6-8(15-9(3,4)5)14-7(2)10(11,12)13;/h7H,6H2,1-5H3;/q-1;. The van der Waals surface area contributed by atoms with E-state index in [9.17, 15) is 13.2 Å². The summed E-state index contributed by atoms with van der Waals surface area (Å²) in [4.78, 5) is 4.13. The van der Waals surface area contributed by atoms with Crippen LogP contribution in [0.4, 0.5) is 13.2 Å². The summed E-state index contributed by atoms with van der Waals surface area (Å²) in [5.41, 5.74) is -0.389. The SMILES string of the molecule is CCC(=NC(C)(C)C)[N-]C(C)C(F)(F)F.[Y]. The van der Waals surface area contributed by atoms with Gasteiger partial charge in [0.2, 0.25) is 0 Å². The Bertz CT molecular complexity index is 231. The molecule has 0 spiro atoms. The summed E-state index contributed by atoms with van der Waals surface area (Å²) < 4.78 is 36.7. The molecule has 93 valence electrons. The predicted octanol–water partition coefficient (Wildman–Crippen LogP) is 3.92. The molecule has 1 radical (unpaired) electrons. The van der Waals surface area contributed by atoms with E-state index in [-0.39, 0.29) is 44.1 Å². The molecule has 0 rings (SSSR count). The molecule has 0 fully saturated rings. The second kappa shape index (κ2) is 6.95. The van der Waals surface area contributed by atoms with Crippen LogP contribution < -0.4 is 0 Å². The number of alkyl halides is 3. The second-order valence-electron chi connectivity index (χ2n) is 4.40. The van der Waals surface area contributed by atoms with Crippen LogP contribution in [0.3, 0.4) is 0 Å². The van der Waals surface area contributed by atoms with Crippen molar-refractivity contribution in [2.75, 3.05) is 0 Å². The van der Waals surface area contributed by atoms with Gasteiger partial charge in [0.1, 0.15) is 0 Å². The minimum absolute atomic E-state index is 0. The fraction of sp³-hybridized carbons (Fsp3) is 0.900. The van der Waals surface area contributed by atoms with Crippen molar-refractivity contribution in [1.82, 2.24) is 0 Å². The summed E-state index contributed by atoms with van der Waals surface area (Å²) in [6, 6.07) is -1.68. The molecule has 0 aliphatic carbocycles. The van der Waals surface area contributed by atoms with E-state index in [1.54, 1.807) is 6.92 Å². The first kappa shape index (κ1) is 18.7. The van der Waals surface area contributed by atoms with Gasteiger partial charge >= 0.3 is 6.18 Å². The first-order valence-corrected chi connectivity index (χ1v) is 4.92. The molecule has 1 unspecified atom stereocenters. The Morgan fingerprint density at radius 2 is 1.69 bits per heavy atom. The molecular formula is C10H18F3N2Y-. The van der Waals surface area contributed by atoms with Gasteiger partial charge in [0.25, 0.3) is 0 Å². The minimum Gasteiger partial charge on any atom is -0.463 e. The van der Waals surface area contributed by atoms with Crippen molar-refractivity contribution >= 4 is 5.84 Å². The van der Waals surface area contributed by atoms with Gasteiger partial charge in [0.15, 0.2) is 0 Å². The van der Waals surface area contributed by atoms with Crippen LogP contribution in [0.25, 0.3) is 5.32 Å². The molecule has 0 aliphatic heterocycles. The Morgan fingerprint density at radius 1 is 1.25 bits per heavy atom. The van der Waals surface area contributed by atoms with Crippen LogP contribution in [-0.4, -0.2) is 23.6 Å². The molecular weight excluding hydrogens is 294 g/mol. The maximum absolute atomic E-state index is 12.2. The van der Waals surface area contributed by atoms with E-state index in [1.807, 2.05) is 20.8 Å². The average molecular weight is 312 g/mol. The number of nitrogens with zero attached hydrogens (tertiary/aromatic N) is 2. The number of hydrogen-bond donors (Lipinski definition) is 0. The van der Waals surface area contributed by atoms with Crippen LogP contribution in [0.2, 0.25) is 0 Å². The number of aliphatic imine (C=N–C) groups is 1. The van der Waals surface area contributed by atoms with E-state index in [1.165, 1.54) is 0 Å². The Balaban J connectivity index is 0. The summed E-state index contributed by atoms with van der Waals surface area (Å²) in [6.07, 6.45) is -3.87. The molecule has 0 N–H and O–H groups in total. The first-order valence-electron chi connectivity index (χ1n) is 4.92. The van der Waals surface area contributed by atoms with Crippen LogP contribution in [0.5, 0.6) is 0 Å². The topological polar surface area (TPSA) is 26.5 Å². The summed E-state index contributed by atoms with van der Waals surface area (Å²) in [6.45, 7) is 8.27. The average Bonchev–Trinajstić information content (AvgIpc) is 1.98. The van der Waals surface area contributed by atoms with Crippen LogP contribution in [-0.2, 0) is 32.7 Å². The van der Waals surface area contributed by atoms with Gasteiger partial charge in [-0.1, -0.05) is 40.5 Å². The second-order valence-corrected chi connectivity index (χ2v) is 4.40. The Hall–Kier alpha value is 0.364. The van der Waals surface area contributed by atoms with E-state index in [4.69, 9.17) is 0 Å². The van der Waals surface area contributed by atoms with E-state index < -0.39 is 12.2 Å². The van der Waals surface area contributed by atoms with Crippen LogP contribution >= 0.6 is 0 Å². The summed E-state index contributed by atoms with van der Waals surface area (Å²) >= 11 is 0. The van der Waals surface area contributed by atoms with Crippen molar-refractivity contribution in [2.45, 2.75) is 58.8 Å². The molecule has 0 heterocycles. The molecule has 0 saturated heterocycles. The Kier molecular flexibility index (Phi) is 8.13. The van der Waals surface area contributed by atoms with Crippen molar-refractivity contribution in [3.63, 3.8) is 0 Å². The van der Waals surface area contributed by atoms with Gasteiger partial charge in [0.05, 0.1) is 6.04 Å². The molecule has 6 heteroatoms. The fourth-order valence-corrected chi connectivity index (χ4v) is 0.883. The molecule has 0 amide bonds. The van der Waals surface area contributed by atoms with Crippen molar-refractivity contribution in [1.29, 1.82) is 0 Å². The number of amidine groups is 1. The zero-order valence-electron chi connectivity index (χ0n) is 10.4. The first-order chi connectivity index (χ1) is 6.56. The molecule has 0 aromatic heterocycles. The van der Waals surface area contributed by atoms with Crippen LogP contribution in [0.1, 0.15) is 41.0 Å². The Labute approximate surface area is 120 Å². The van der Waals surface area contributed by atoms with E-state index in [0.717, 1.165) is 6.92 Å². The third-order valence-electron chi connectivity index (χ3n) is 1.60.